The molecule has 0 atom stereocenters. The molecule has 6 N–H and O–H groups in total. The van der Waals surface area contributed by atoms with Crippen molar-refractivity contribution in [3.63, 3.8) is 0 Å². The third-order valence-electron chi connectivity index (χ3n) is 2.30. The van der Waals surface area contributed by atoms with Gasteiger partial charge in [-0.3, -0.25) is 9.89 Å². The molecular formula is C11H10N6O. The minimum Gasteiger partial charge on any atom is -0.383 e. The van der Waals surface area contributed by atoms with Gasteiger partial charge in [-0.2, -0.15) is 10.4 Å². The Hall–Kier alpha value is -3.01. The summed E-state index contributed by atoms with van der Waals surface area (Å²) >= 11 is 0. The van der Waals surface area contributed by atoms with E-state index < -0.39 is 5.91 Å². The van der Waals surface area contributed by atoms with Crippen molar-refractivity contribution >= 4 is 23.2 Å². The van der Waals surface area contributed by atoms with E-state index in [0.29, 0.717) is 11.3 Å². The Morgan fingerprint density at radius 3 is 2.94 bits per heavy atom. The second-order valence-corrected chi connectivity index (χ2v) is 3.54. The number of hydrogen-bond donors (Lipinski definition) is 4. The third kappa shape index (κ3) is 2.08. The summed E-state index contributed by atoms with van der Waals surface area (Å²) in [6.45, 7) is 0. The van der Waals surface area contributed by atoms with Crippen LogP contribution in [0.5, 0.6) is 0 Å². The molecule has 0 bridgehead atoms. The highest BCUT2D eigenvalue weighted by molar-refractivity contribution is 6.02. The molecule has 1 aromatic heterocycles. The number of amides is 1. The van der Waals surface area contributed by atoms with Crippen molar-refractivity contribution in [1.29, 1.82) is 5.26 Å². The molecule has 0 radical (unpaired) electrons. The monoisotopic (exact) mass is 242 g/mol. The molecule has 2 rings (SSSR count). The molecule has 0 unspecified atom stereocenters. The van der Waals surface area contributed by atoms with Crippen molar-refractivity contribution in [3.05, 3.63) is 35.4 Å². The first-order valence-corrected chi connectivity index (χ1v) is 5.02. The molecule has 90 valence electrons. The number of aromatic amines is 1. The van der Waals surface area contributed by atoms with Crippen molar-refractivity contribution in [2.24, 2.45) is 5.73 Å². The van der Waals surface area contributed by atoms with Crippen LogP contribution in [0, 0.1) is 11.3 Å². The van der Waals surface area contributed by atoms with Gasteiger partial charge in [0.15, 0.2) is 5.82 Å². The number of H-pyrrole nitrogens is 1. The lowest BCUT2D eigenvalue weighted by molar-refractivity contribution is 0.100. The summed E-state index contributed by atoms with van der Waals surface area (Å²) in [5, 5.41) is 18.0. The molecule has 0 fully saturated rings. The summed E-state index contributed by atoms with van der Waals surface area (Å²) in [5.41, 5.74) is 11.9. The van der Waals surface area contributed by atoms with E-state index in [1.807, 2.05) is 6.07 Å². The fourth-order valence-electron chi connectivity index (χ4n) is 1.50. The number of rotatable bonds is 3. The van der Waals surface area contributed by atoms with Crippen molar-refractivity contribution in [1.82, 2.24) is 10.2 Å². The Morgan fingerprint density at radius 2 is 2.28 bits per heavy atom. The predicted molar refractivity (Wildman–Crippen MR) is 66.0 cm³/mol. The first-order chi connectivity index (χ1) is 8.61. The van der Waals surface area contributed by atoms with Gasteiger partial charge in [-0.25, -0.2) is 0 Å². The maximum atomic E-state index is 11.2. The van der Waals surface area contributed by atoms with E-state index in [0.717, 1.165) is 0 Å². The molecule has 0 aliphatic rings. The minimum absolute atomic E-state index is 0.0948. The average Bonchev–Trinajstić information content (AvgIpc) is 2.70. The number of nitrogen functional groups attached to an aromatic ring is 1. The van der Waals surface area contributed by atoms with E-state index in [4.69, 9.17) is 16.7 Å². The normalized spacial score (nSPS) is 9.72. The van der Waals surface area contributed by atoms with Gasteiger partial charge in [0.25, 0.3) is 5.91 Å². The molecule has 1 amide bonds. The zero-order chi connectivity index (χ0) is 13.1. The number of hydrogen-bond acceptors (Lipinski definition) is 5. The van der Waals surface area contributed by atoms with Gasteiger partial charge in [-0.15, -0.1) is 0 Å². The maximum Gasteiger partial charge on any atom is 0.256 e. The van der Waals surface area contributed by atoms with Gasteiger partial charge in [0.05, 0.1) is 11.6 Å². The molecule has 0 aliphatic heterocycles. The van der Waals surface area contributed by atoms with Crippen LogP contribution in [0.2, 0.25) is 0 Å². The first-order valence-electron chi connectivity index (χ1n) is 5.02. The molecule has 0 saturated heterocycles. The topological polar surface area (TPSA) is 134 Å². The summed E-state index contributed by atoms with van der Waals surface area (Å²) in [6.07, 6.45) is 0. The van der Waals surface area contributed by atoms with Crippen LogP contribution < -0.4 is 16.8 Å². The number of carbonyl (C=O) groups excluding carboxylic acids is 1. The van der Waals surface area contributed by atoms with E-state index in [1.54, 1.807) is 24.3 Å². The maximum absolute atomic E-state index is 11.2. The second kappa shape index (κ2) is 4.47. The molecule has 0 aliphatic carbocycles. The van der Waals surface area contributed by atoms with Crippen LogP contribution in [-0.4, -0.2) is 16.1 Å². The number of nitriles is 1. The quantitative estimate of drug-likeness (QED) is 0.628. The van der Waals surface area contributed by atoms with Crippen molar-refractivity contribution in [2.45, 2.75) is 0 Å². The van der Waals surface area contributed by atoms with Crippen LogP contribution in [0.1, 0.15) is 15.9 Å². The number of primary amides is 1. The number of aromatic nitrogens is 2. The van der Waals surface area contributed by atoms with E-state index in [1.165, 1.54) is 0 Å². The Balaban J connectivity index is 2.35. The molecule has 0 saturated carbocycles. The number of benzene rings is 1. The Bertz CT molecular complexity index is 639. The predicted octanol–water partition coefficient (Wildman–Crippen LogP) is 0.706. The molecule has 2 aromatic rings. The largest absolute Gasteiger partial charge is 0.383 e. The fraction of sp³-hybridized carbons (Fsp3) is 0. The number of nitrogens with two attached hydrogens (primary N) is 2. The third-order valence-corrected chi connectivity index (χ3v) is 2.30. The van der Waals surface area contributed by atoms with E-state index in [-0.39, 0.29) is 17.2 Å². The highest BCUT2D eigenvalue weighted by Crippen LogP contribution is 2.22. The number of carbonyl (C=O) groups is 1. The smallest absolute Gasteiger partial charge is 0.256 e. The standard InChI is InChI=1S/C11H10N6O/c12-5-6-2-1-3-7(4-6)15-11-8(10(14)18)9(13)16-17-11/h1-4H,(H2,14,18)(H4,13,15,16,17). The van der Waals surface area contributed by atoms with E-state index in [2.05, 4.69) is 15.5 Å². The summed E-state index contributed by atoms with van der Waals surface area (Å²) in [4.78, 5) is 11.2. The average molecular weight is 242 g/mol. The van der Waals surface area contributed by atoms with Crippen LogP contribution >= 0.6 is 0 Å². The number of nitrogens with zero attached hydrogens (tertiary/aromatic N) is 2. The minimum atomic E-state index is -0.680. The Morgan fingerprint density at radius 1 is 1.50 bits per heavy atom. The summed E-state index contributed by atoms with van der Waals surface area (Å²) in [5.74, 6) is -0.350. The van der Waals surface area contributed by atoms with E-state index in [9.17, 15) is 4.79 Å². The molecular weight excluding hydrogens is 232 g/mol. The van der Waals surface area contributed by atoms with Gasteiger partial charge in [0.2, 0.25) is 0 Å². The highest BCUT2D eigenvalue weighted by Gasteiger charge is 2.16. The van der Waals surface area contributed by atoms with Crippen LogP contribution in [0.3, 0.4) is 0 Å². The zero-order valence-corrected chi connectivity index (χ0v) is 9.27. The van der Waals surface area contributed by atoms with Crippen LogP contribution in [0.15, 0.2) is 24.3 Å². The summed E-state index contributed by atoms with van der Waals surface area (Å²) in [6, 6.07) is 8.74. The fourth-order valence-corrected chi connectivity index (χ4v) is 1.50. The van der Waals surface area contributed by atoms with E-state index >= 15 is 0 Å². The highest BCUT2D eigenvalue weighted by atomic mass is 16.1. The Labute approximate surface area is 102 Å². The van der Waals surface area contributed by atoms with Gasteiger partial charge in [-0.05, 0) is 18.2 Å². The van der Waals surface area contributed by atoms with Crippen LogP contribution in [0.25, 0.3) is 0 Å². The molecule has 0 spiro atoms. The number of anilines is 3. The van der Waals surface area contributed by atoms with Gasteiger partial charge >= 0.3 is 0 Å². The van der Waals surface area contributed by atoms with Crippen LogP contribution in [-0.2, 0) is 0 Å². The SMILES string of the molecule is N#Cc1cccc(Nc2n[nH]c(N)c2C(N)=O)c1. The van der Waals surface area contributed by atoms with Crippen LogP contribution in [0.4, 0.5) is 17.3 Å². The van der Waals surface area contributed by atoms with Gasteiger partial charge in [0, 0.05) is 5.69 Å². The lowest BCUT2D eigenvalue weighted by Crippen LogP contribution is -2.14. The number of nitrogens with one attached hydrogen (secondary N) is 2. The lowest BCUT2D eigenvalue weighted by atomic mass is 10.2. The van der Waals surface area contributed by atoms with Gasteiger partial charge in [-0.1, -0.05) is 6.07 Å². The molecule has 18 heavy (non-hydrogen) atoms. The van der Waals surface area contributed by atoms with Crippen molar-refractivity contribution < 1.29 is 4.79 Å². The molecule has 1 aromatic carbocycles. The second-order valence-electron chi connectivity index (χ2n) is 3.54. The lowest BCUT2D eigenvalue weighted by Gasteiger charge is -2.04. The molecule has 1 heterocycles. The van der Waals surface area contributed by atoms with Gasteiger partial charge < -0.3 is 16.8 Å². The Kier molecular flexibility index (Phi) is 2.85. The van der Waals surface area contributed by atoms with Gasteiger partial charge in [0.1, 0.15) is 11.4 Å². The summed E-state index contributed by atoms with van der Waals surface area (Å²) in [7, 11) is 0. The zero-order valence-electron chi connectivity index (χ0n) is 9.27. The van der Waals surface area contributed by atoms with Crippen molar-refractivity contribution in [3.8, 4) is 6.07 Å². The van der Waals surface area contributed by atoms with Crippen molar-refractivity contribution in [2.75, 3.05) is 11.1 Å². The molecule has 7 nitrogen and oxygen atoms in total. The molecule has 7 heteroatoms. The summed E-state index contributed by atoms with van der Waals surface area (Å²) < 4.78 is 0. The first kappa shape index (κ1) is 11.5.